The van der Waals surface area contributed by atoms with Crippen LogP contribution in [0.5, 0.6) is 0 Å². The lowest BCUT2D eigenvalue weighted by Gasteiger charge is -2.36. The first-order valence-corrected chi connectivity index (χ1v) is 11.9. The molecule has 2 saturated heterocycles. The first kappa shape index (κ1) is 19.0. The number of piperidine rings is 1. The zero-order valence-electron chi connectivity index (χ0n) is 16.1. The normalized spacial score (nSPS) is 23.4. The van der Waals surface area contributed by atoms with E-state index in [9.17, 15) is 13.2 Å². The van der Waals surface area contributed by atoms with E-state index in [1.807, 2.05) is 21.6 Å². The number of carbonyl (C=O) groups is 1. The quantitative estimate of drug-likeness (QED) is 0.776. The van der Waals surface area contributed by atoms with Crippen LogP contribution in [0.25, 0.3) is 0 Å². The number of hydrogen-bond donors (Lipinski definition) is 0. The minimum Gasteiger partial charge on any atom is -0.339 e. The predicted octanol–water partition coefficient (Wildman–Crippen LogP) is 1.35. The lowest BCUT2D eigenvalue weighted by atomic mass is 10.0. The molecule has 0 bridgehead atoms. The Morgan fingerprint density at radius 2 is 1.67 bits per heavy atom. The number of hydrogen-bond acceptors (Lipinski definition) is 4. The molecular weight excluding hydrogens is 364 g/mol. The summed E-state index contributed by atoms with van der Waals surface area (Å²) >= 11 is 0. The third-order valence-corrected chi connectivity index (χ3v) is 7.55. The molecule has 1 aromatic rings. The van der Waals surface area contributed by atoms with Crippen LogP contribution in [0.2, 0.25) is 0 Å². The molecule has 0 saturated carbocycles. The van der Waals surface area contributed by atoms with Gasteiger partial charge in [-0.3, -0.25) is 4.79 Å². The smallest absolute Gasteiger partial charge is 0.270 e. The minimum absolute atomic E-state index is 0.0916. The second-order valence-electron chi connectivity index (χ2n) is 8.08. The molecule has 2 fully saturated rings. The van der Waals surface area contributed by atoms with Gasteiger partial charge >= 0.3 is 0 Å². The average Bonchev–Trinajstić information content (AvgIpc) is 3.26. The van der Waals surface area contributed by atoms with Gasteiger partial charge in [0.05, 0.1) is 12.8 Å². The highest BCUT2D eigenvalue weighted by Crippen LogP contribution is 2.24. The molecule has 4 heterocycles. The Balaban J connectivity index is 1.44. The van der Waals surface area contributed by atoms with Gasteiger partial charge < -0.3 is 14.4 Å². The fourth-order valence-corrected chi connectivity index (χ4v) is 5.58. The van der Waals surface area contributed by atoms with Gasteiger partial charge in [-0.1, -0.05) is 0 Å². The molecule has 0 atom stereocenters. The monoisotopic (exact) mass is 394 g/mol. The Kier molecular flexibility index (Phi) is 5.31. The zero-order chi connectivity index (χ0) is 19.0. The van der Waals surface area contributed by atoms with Crippen molar-refractivity contribution >= 4 is 15.9 Å². The SMILES string of the molecule is CS(=O)(=O)N1CCCn2c(ccc2C(=O)N2CCC(N3CCCC3)CC2)C1. The van der Waals surface area contributed by atoms with Crippen LogP contribution in [-0.4, -0.2) is 78.0 Å². The summed E-state index contributed by atoms with van der Waals surface area (Å²) in [6, 6.07) is 4.41. The summed E-state index contributed by atoms with van der Waals surface area (Å²) in [6.45, 7) is 5.60. The Labute approximate surface area is 162 Å². The van der Waals surface area contributed by atoms with Crippen LogP contribution < -0.4 is 0 Å². The predicted molar refractivity (Wildman–Crippen MR) is 104 cm³/mol. The molecule has 0 radical (unpaired) electrons. The number of sulfonamides is 1. The van der Waals surface area contributed by atoms with Crippen molar-refractivity contribution in [3.63, 3.8) is 0 Å². The summed E-state index contributed by atoms with van der Waals surface area (Å²) in [6.07, 6.45) is 6.70. The van der Waals surface area contributed by atoms with E-state index in [1.54, 1.807) is 0 Å². The standard InChI is InChI=1S/C19H30N4O3S/c1-27(25,26)22-11-4-12-23-17(15-22)5-6-18(23)19(24)21-13-7-16(8-14-21)20-9-2-3-10-20/h5-6,16H,2-4,7-15H2,1H3. The maximum absolute atomic E-state index is 13.1. The van der Waals surface area contributed by atoms with Crippen LogP contribution in [0.1, 0.15) is 48.3 Å². The summed E-state index contributed by atoms with van der Waals surface area (Å²) in [7, 11) is -3.22. The lowest BCUT2D eigenvalue weighted by molar-refractivity contribution is 0.0633. The number of nitrogens with zero attached hydrogens (tertiary/aromatic N) is 4. The highest BCUT2D eigenvalue weighted by molar-refractivity contribution is 7.88. The van der Waals surface area contributed by atoms with Crippen molar-refractivity contribution in [2.24, 2.45) is 0 Å². The molecule has 0 unspecified atom stereocenters. The molecule has 0 spiro atoms. The fraction of sp³-hybridized carbons (Fsp3) is 0.737. The Morgan fingerprint density at radius 1 is 0.963 bits per heavy atom. The second kappa shape index (κ2) is 7.56. The van der Waals surface area contributed by atoms with Crippen LogP contribution in [0.4, 0.5) is 0 Å². The zero-order valence-corrected chi connectivity index (χ0v) is 17.0. The number of amides is 1. The van der Waals surface area contributed by atoms with Gasteiger partial charge in [0.25, 0.3) is 5.91 Å². The Bertz CT molecular complexity index is 790. The molecular formula is C19H30N4O3S. The maximum atomic E-state index is 13.1. The summed E-state index contributed by atoms with van der Waals surface area (Å²) in [5.41, 5.74) is 1.62. The molecule has 7 nitrogen and oxygen atoms in total. The first-order valence-electron chi connectivity index (χ1n) is 10.1. The Hall–Kier alpha value is -1.38. The van der Waals surface area contributed by atoms with E-state index < -0.39 is 10.0 Å². The van der Waals surface area contributed by atoms with Crippen LogP contribution >= 0.6 is 0 Å². The van der Waals surface area contributed by atoms with Gasteiger partial charge in [-0.05, 0) is 57.3 Å². The topological polar surface area (TPSA) is 65.9 Å². The van der Waals surface area contributed by atoms with E-state index in [2.05, 4.69) is 4.90 Å². The van der Waals surface area contributed by atoms with E-state index in [0.717, 1.165) is 38.0 Å². The molecule has 3 aliphatic rings. The van der Waals surface area contributed by atoms with E-state index in [1.165, 1.54) is 36.5 Å². The van der Waals surface area contributed by atoms with E-state index >= 15 is 0 Å². The number of likely N-dealkylation sites (tertiary alicyclic amines) is 2. The summed E-state index contributed by atoms with van der Waals surface area (Å²) < 4.78 is 27.4. The molecule has 150 valence electrons. The van der Waals surface area contributed by atoms with Crippen LogP contribution in [0.15, 0.2) is 12.1 Å². The van der Waals surface area contributed by atoms with Crippen molar-refractivity contribution in [3.05, 3.63) is 23.5 Å². The van der Waals surface area contributed by atoms with Crippen LogP contribution in [0, 0.1) is 0 Å². The van der Waals surface area contributed by atoms with Gasteiger partial charge in [0.15, 0.2) is 0 Å². The van der Waals surface area contributed by atoms with Gasteiger partial charge in [-0.15, -0.1) is 0 Å². The average molecular weight is 395 g/mol. The summed E-state index contributed by atoms with van der Waals surface area (Å²) in [5, 5.41) is 0. The molecule has 3 aliphatic heterocycles. The van der Waals surface area contributed by atoms with Crippen molar-refractivity contribution in [3.8, 4) is 0 Å². The third kappa shape index (κ3) is 3.93. The number of fused-ring (bicyclic) bond motifs is 1. The van der Waals surface area contributed by atoms with Crippen LogP contribution in [0.3, 0.4) is 0 Å². The molecule has 0 aliphatic carbocycles. The highest BCUT2D eigenvalue weighted by atomic mass is 32.2. The maximum Gasteiger partial charge on any atom is 0.270 e. The molecule has 1 aromatic heterocycles. The van der Waals surface area contributed by atoms with Crippen molar-refractivity contribution in [2.45, 2.75) is 51.2 Å². The van der Waals surface area contributed by atoms with E-state index in [4.69, 9.17) is 0 Å². The fourth-order valence-electron chi connectivity index (χ4n) is 4.75. The lowest BCUT2D eigenvalue weighted by Crippen LogP contribution is -2.46. The Morgan fingerprint density at radius 3 is 2.33 bits per heavy atom. The van der Waals surface area contributed by atoms with Gasteiger partial charge in [0.1, 0.15) is 5.69 Å². The first-order chi connectivity index (χ1) is 12.9. The number of aromatic nitrogens is 1. The van der Waals surface area contributed by atoms with Gasteiger partial charge in [0, 0.05) is 37.9 Å². The van der Waals surface area contributed by atoms with E-state index in [0.29, 0.717) is 31.4 Å². The van der Waals surface area contributed by atoms with Crippen molar-refractivity contribution in [1.82, 2.24) is 18.7 Å². The van der Waals surface area contributed by atoms with Crippen molar-refractivity contribution in [2.75, 3.05) is 39.0 Å². The van der Waals surface area contributed by atoms with Gasteiger partial charge in [0.2, 0.25) is 10.0 Å². The van der Waals surface area contributed by atoms with Crippen molar-refractivity contribution in [1.29, 1.82) is 0 Å². The molecule has 1 amide bonds. The van der Waals surface area contributed by atoms with Crippen LogP contribution in [-0.2, 0) is 23.1 Å². The third-order valence-electron chi connectivity index (χ3n) is 6.30. The summed E-state index contributed by atoms with van der Waals surface area (Å²) in [4.78, 5) is 17.7. The summed E-state index contributed by atoms with van der Waals surface area (Å²) in [5.74, 6) is 0.0916. The molecule has 8 heteroatoms. The molecule has 27 heavy (non-hydrogen) atoms. The molecule has 0 N–H and O–H groups in total. The minimum atomic E-state index is -3.22. The van der Waals surface area contributed by atoms with Crippen molar-refractivity contribution < 1.29 is 13.2 Å². The largest absolute Gasteiger partial charge is 0.339 e. The number of carbonyl (C=O) groups excluding carboxylic acids is 1. The number of rotatable bonds is 3. The molecule has 0 aromatic carbocycles. The highest BCUT2D eigenvalue weighted by Gasteiger charge is 2.31. The van der Waals surface area contributed by atoms with E-state index in [-0.39, 0.29) is 5.91 Å². The second-order valence-corrected chi connectivity index (χ2v) is 10.1. The van der Waals surface area contributed by atoms with Gasteiger partial charge in [-0.2, -0.15) is 4.31 Å². The van der Waals surface area contributed by atoms with Gasteiger partial charge in [-0.25, -0.2) is 8.42 Å². The molecule has 4 rings (SSSR count).